The summed E-state index contributed by atoms with van der Waals surface area (Å²) in [6.45, 7) is 3.84. The Kier molecular flexibility index (Phi) is 5.14. The zero-order chi connectivity index (χ0) is 17.9. The number of aryl methyl sites for hydroxylation is 2. The Balaban J connectivity index is 2.25. The lowest BCUT2D eigenvalue weighted by Gasteiger charge is -2.13. The van der Waals surface area contributed by atoms with E-state index in [2.05, 4.69) is 10.0 Å². The number of hydrogen-bond acceptors (Lipinski definition) is 4. The van der Waals surface area contributed by atoms with E-state index in [-0.39, 0.29) is 5.91 Å². The number of rotatable bonds is 5. The maximum absolute atomic E-state index is 12.4. The average molecular weight is 348 g/mol. The van der Waals surface area contributed by atoms with Gasteiger partial charge in [0.15, 0.2) is 0 Å². The summed E-state index contributed by atoms with van der Waals surface area (Å²) in [5.41, 5.74) is 3.37. The lowest BCUT2D eigenvalue weighted by Crippen LogP contribution is -2.14. The van der Waals surface area contributed by atoms with Crippen molar-refractivity contribution < 1.29 is 17.9 Å². The molecule has 128 valence electrons. The van der Waals surface area contributed by atoms with E-state index in [9.17, 15) is 13.2 Å². The minimum Gasteiger partial charge on any atom is -0.494 e. The molecule has 2 rings (SSSR count). The Morgan fingerprint density at radius 2 is 1.79 bits per heavy atom. The summed E-state index contributed by atoms with van der Waals surface area (Å²) >= 11 is 0. The van der Waals surface area contributed by atoms with Gasteiger partial charge in [-0.2, -0.15) is 0 Å². The summed E-state index contributed by atoms with van der Waals surface area (Å²) in [4.78, 5) is 12.4. The molecule has 0 heterocycles. The van der Waals surface area contributed by atoms with E-state index in [0.717, 1.165) is 17.4 Å². The topological polar surface area (TPSA) is 84.5 Å². The monoisotopic (exact) mass is 348 g/mol. The molecule has 0 aliphatic heterocycles. The molecule has 0 radical (unpaired) electrons. The van der Waals surface area contributed by atoms with Crippen LogP contribution in [0, 0.1) is 13.8 Å². The zero-order valence-electron chi connectivity index (χ0n) is 14.0. The molecule has 0 aromatic heterocycles. The maximum atomic E-state index is 12.4. The van der Waals surface area contributed by atoms with Crippen molar-refractivity contribution in [1.82, 2.24) is 0 Å². The SMILES string of the molecule is COc1cc(NC(=O)c2ccc(C)cc2C)ccc1NS(C)(=O)=O. The van der Waals surface area contributed by atoms with Crippen LogP contribution in [0.1, 0.15) is 21.5 Å². The average Bonchev–Trinajstić information content (AvgIpc) is 2.47. The molecule has 0 atom stereocenters. The van der Waals surface area contributed by atoms with Crippen molar-refractivity contribution in [3.63, 3.8) is 0 Å². The first-order chi connectivity index (χ1) is 11.2. The molecule has 2 aromatic carbocycles. The van der Waals surface area contributed by atoms with Crippen LogP contribution in [0.4, 0.5) is 11.4 Å². The van der Waals surface area contributed by atoms with Crippen LogP contribution in [-0.2, 0) is 10.0 Å². The molecule has 0 bridgehead atoms. The highest BCUT2D eigenvalue weighted by molar-refractivity contribution is 7.92. The quantitative estimate of drug-likeness (QED) is 0.870. The maximum Gasteiger partial charge on any atom is 0.255 e. The number of benzene rings is 2. The number of ether oxygens (including phenoxy) is 1. The van der Waals surface area contributed by atoms with Gasteiger partial charge in [-0.25, -0.2) is 8.42 Å². The van der Waals surface area contributed by atoms with Crippen molar-refractivity contribution in [2.45, 2.75) is 13.8 Å². The van der Waals surface area contributed by atoms with E-state index in [1.807, 2.05) is 26.0 Å². The van der Waals surface area contributed by atoms with Gasteiger partial charge >= 0.3 is 0 Å². The van der Waals surface area contributed by atoms with Crippen LogP contribution in [0.15, 0.2) is 36.4 Å². The number of hydrogen-bond donors (Lipinski definition) is 2. The first-order valence-corrected chi connectivity index (χ1v) is 9.13. The number of amides is 1. The van der Waals surface area contributed by atoms with Crippen LogP contribution in [0.25, 0.3) is 0 Å². The second-order valence-electron chi connectivity index (χ2n) is 5.56. The fraction of sp³-hybridized carbons (Fsp3) is 0.235. The second-order valence-corrected chi connectivity index (χ2v) is 7.31. The standard InChI is InChI=1S/C17H20N2O4S/c1-11-5-7-14(12(2)9-11)17(20)18-13-6-8-15(16(10-13)23-3)19-24(4,21)22/h5-10,19H,1-4H3,(H,18,20). The van der Waals surface area contributed by atoms with E-state index in [0.29, 0.717) is 22.7 Å². The summed E-state index contributed by atoms with van der Waals surface area (Å²) in [5.74, 6) is 0.0808. The van der Waals surface area contributed by atoms with E-state index in [4.69, 9.17) is 4.74 Å². The molecular weight excluding hydrogens is 328 g/mol. The molecule has 0 saturated carbocycles. The highest BCUT2D eigenvalue weighted by Gasteiger charge is 2.12. The third kappa shape index (κ3) is 4.48. The Labute approximate surface area is 141 Å². The molecule has 0 saturated heterocycles. The highest BCUT2D eigenvalue weighted by atomic mass is 32.2. The van der Waals surface area contributed by atoms with Crippen molar-refractivity contribution >= 4 is 27.3 Å². The molecule has 0 spiro atoms. The fourth-order valence-electron chi connectivity index (χ4n) is 2.32. The number of sulfonamides is 1. The van der Waals surface area contributed by atoms with Crippen molar-refractivity contribution in [2.24, 2.45) is 0 Å². The van der Waals surface area contributed by atoms with Gasteiger partial charge in [-0.05, 0) is 37.6 Å². The summed E-state index contributed by atoms with van der Waals surface area (Å²) in [6, 6.07) is 10.3. The highest BCUT2D eigenvalue weighted by Crippen LogP contribution is 2.29. The van der Waals surface area contributed by atoms with Gasteiger partial charge in [0.2, 0.25) is 10.0 Å². The minimum atomic E-state index is -3.42. The van der Waals surface area contributed by atoms with E-state index in [1.54, 1.807) is 18.2 Å². The van der Waals surface area contributed by atoms with Crippen molar-refractivity contribution in [3.05, 3.63) is 53.1 Å². The summed E-state index contributed by atoms with van der Waals surface area (Å²) < 4.78 is 30.2. The van der Waals surface area contributed by atoms with Crippen LogP contribution < -0.4 is 14.8 Å². The fourth-order valence-corrected chi connectivity index (χ4v) is 2.89. The van der Waals surface area contributed by atoms with E-state index >= 15 is 0 Å². The van der Waals surface area contributed by atoms with Gasteiger partial charge in [0.1, 0.15) is 5.75 Å². The van der Waals surface area contributed by atoms with Gasteiger partial charge in [-0.3, -0.25) is 9.52 Å². The molecule has 0 aliphatic carbocycles. The Morgan fingerprint density at radius 1 is 1.08 bits per heavy atom. The smallest absolute Gasteiger partial charge is 0.255 e. The molecule has 2 aromatic rings. The number of carbonyl (C=O) groups excluding carboxylic acids is 1. The largest absolute Gasteiger partial charge is 0.494 e. The van der Waals surface area contributed by atoms with Gasteiger partial charge in [0, 0.05) is 17.3 Å². The molecule has 0 unspecified atom stereocenters. The molecule has 24 heavy (non-hydrogen) atoms. The van der Waals surface area contributed by atoms with Gasteiger partial charge in [-0.15, -0.1) is 0 Å². The van der Waals surface area contributed by atoms with Crippen LogP contribution in [0.5, 0.6) is 5.75 Å². The molecular formula is C17H20N2O4S. The predicted molar refractivity (Wildman–Crippen MR) is 95.3 cm³/mol. The Bertz CT molecular complexity index is 876. The molecule has 7 heteroatoms. The lowest BCUT2D eigenvalue weighted by atomic mass is 10.1. The van der Waals surface area contributed by atoms with Crippen molar-refractivity contribution in [2.75, 3.05) is 23.4 Å². The van der Waals surface area contributed by atoms with Gasteiger partial charge < -0.3 is 10.1 Å². The third-order valence-electron chi connectivity index (χ3n) is 3.38. The summed E-state index contributed by atoms with van der Waals surface area (Å²) in [6.07, 6.45) is 1.06. The zero-order valence-corrected chi connectivity index (χ0v) is 14.8. The van der Waals surface area contributed by atoms with Crippen LogP contribution in [-0.4, -0.2) is 27.7 Å². The Hall–Kier alpha value is -2.54. The van der Waals surface area contributed by atoms with Crippen LogP contribution in [0.2, 0.25) is 0 Å². The molecule has 2 N–H and O–H groups in total. The summed E-state index contributed by atoms with van der Waals surface area (Å²) in [5, 5.41) is 2.79. The van der Waals surface area contributed by atoms with Crippen molar-refractivity contribution in [1.29, 1.82) is 0 Å². The third-order valence-corrected chi connectivity index (χ3v) is 3.97. The molecule has 1 amide bonds. The van der Waals surface area contributed by atoms with Gasteiger partial charge in [0.25, 0.3) is 5.91 Å². The van der Waals surface area contributed by atoms with Crippen LogP contribution >= 0.6 is 0 Å². The predicted octanol–water partition coefficient (Wildman–Crippen LogP) is 2.94. The lowest BCUT2D eigenvalue weighted by molar-refractivity contribution is 0.102. The van der Waals surface area contributed by atoms with E-state index in [1.165, 1.54) is 13.2 Å². The van der Waals surface area contributed by atoms with Crippen LogP contribution in [0.3, 0.4) is 0 Å². The molecule has 0 fully saturated rings. The molecule has 0 aliphatic rings. The molecule has 6 nitrogen and oxygen atoms in total. The number of methoxy groups -OCH3 is 1. The first kappa shape index (κ1) is 17.8. The first-order valence-electron chi connectivity index (χ1n) is 7.24. The number of carbonyl (C=O) groups is 1. The second kappa shape index (κ2) is 6.92. The van der Waals surface area contributed by atoms with Gasteiger partial charge in [0.05, 0.1) is 19.1 Å². The minimum absolute atomic E-state index is 0.238. The summed E-state index contributed by atoms with van der Waals surface area (Å²) in [7, 11) is -1.99. The van der Waals surface area contributed by atoms with E-state index < -0.39 is 10.0 Å². The Morgan fingerprint density at radius 3 is 2.38 bits per heavy atom. The number of anilines is 2. The normalized spacial score (nSPS) is 11.0. The van der Waals surface area contributed by atoms with Gasteiger partial charge in [-0.1, -0.05) is 17.7 Å². The number of nitrogens with one attached hydrogen (secondary N) is 2. The van der Waals surface area contributed by atoms with Crippen molar-refractivity contribution in [3.8, 4) is 5.75 Å².